The van der Waals surface area contributed by atoms with Gasteiger partial charge in [-0.3, -0.25) is 19.8 Å². The first-order valence-corrected chi connectivity index (χ1v) is 9.19. The lowest BCUT2D eigenvalue weighted by atomic mass is 10.2. The van der Waals surface area contributed by atoms with Gasteiger partial charge < -0.3 is 0 Å². The predicted molar refractivity (Wildman–Crippen MR) is 119 cm³/mol. The molecule has 0 spiro atoms. The predicted octanol–water partition coefficient (Wildman–Crippen LogP) is 7.02. The number of nitro benzene ring substituents is 1. The van der Waals surface area contributed by atoms with E-state index in [4.69, 9.17) is 23.6 Å². The Morgan fingerprint density at radius 2 is 1.11 bits per heavy atom. The second-order valence-electron chi connectivity index (χ2n) is 6.02. The quantitative estimate of drug-likeness (QED) is 0.271. The maximum absolute atomic E-state index is 10.2. The number of hydrogen-bond acceptors (Lipinski definition) is 4. The van der Waals surface area contributed by atoms with Crippen LogP contribution in [-0.4, -0.2) is 4.92 Å². The zero-order chi connectivity index (χ0) is 20.9. The van der Waals surface area contributed by atoms with Crippen molar-refractivity contribution >= 4 is 40.6 Å². The lowest BCUT2D eigenvalue weighted by molar-refractivity contribution is -0.384. The SMILES string of the molecule is Cc1cccc(NCl)c1.Cc1cccc(NCl)c1.Cc1cccc([N+](=O)[O-])c1. The summed E-state index contributed by atoms with van der Waals surface area (Å²) in [6.07, 6.45) is 0. The molecule has 0 fully saturated rings. The third-order valence-electron chi connectivity index (χ3n) is 3.47. The normalized spacial score (nSPS) is 9.18. The Hall–Kier alpha value is -2.76. The number of anilines is 2. The van der Waals surface area contributed by atoms with E-state index in [1.165, 1.54) is 17.2 Å². The van der Waals surface area contributed by atoms with Gasteiger partial charge in [0.1, 0.15) is 0 Å². The number of halogens is 2. The minimum absolute atomic E-state index is 0.153. The molecule has 0 saturated heterocycles. The Balaban J connectivity index is 0.000000210. The van der Waals surface area contributed by atoms with Gasteiger partial charge in [-0.15, -0.1) is 0 Å². The van der Waals surface area contributed by atoms with Gasteiger partial charge in [-0.25, -0.2) is 0 Å². The van der Waals surface area contributed by atoms with E-state index in [0.29, 0.717) is 0 Å². The third-order valence-corrected chi connectivity index (χ3v) is 3.90. The molecule has 0 bridgehead atoms. The summed E-state index contributed by atoms with van der Waals surface area (Å²) in [5, 5.41) is 10.2. The summed E-state index contributed by atoms with van der Waals surface area (Å²) >= 11 is 10.7. The highest BCUT2D eigenvalue weighted by molar-refractivity contribution is 6.24. The first-order valence-electron chi connectivity index (χ1n) is 8.43. The van der Waals surface area contributed by atoms with Crippen molar-refractivity contribution in [3.8, 4) is 0 Å². The molecule has 0 radical (unpaired) electrons. The fourth-order valence-corrected chi connectivity index (χ4v) is 2.38. The molecule has 0 aliphatic rings. The number of nitrogens with one attached hydrogen (secondary N) is 2. The van der Waals surface area contributed by atoms with Crippen LogP contribution in [0.2, 0.25) is 0 Å². The monoisotopic (exact) mass is 419 g/mol. The van der Waals surface area contributed by atoms with E-state index in [1.54, 1.807) is 12.1 Å². The van der Waals surface area contributed by atoms with Crippen LogP contribution in [0.4, 0.5) is 17.1 Å². The molecule has 3 rings (SSSR count). The Morgan fingerprint density at radius 3 is 1.36 bits per heavy atom. The lowest BCUT2D eigenvalue weighted by Crippen LogP contribution is -1.86. The van der Waals surface area contributed by atoms with Gasteiger partial charge in [0.25, 0.3) is 5.69 Å². The molecule has 0 aliphatic carbocycles. The molecule has 28 heavy (non-hydrogen) atoms. The van der Waals surface area contributed by atoms with E-state index >= 15 is 0 Å². The third kappa shape index (κ3) is 9.26. The minimum atomic E-state index is -0.396. The van der Waals surface area contributed by atoms with Crippen molar-refractivity contribution in [1.82, 2.24) is 0 Å². The molecule has 0 atom stereocenters. The second kappa shape index (κ2) is 12.6. The number of benzene rings is 3. The summed E-state index contributed by atoms with van der Waals surface area (Å²) < 4.78 is 0. The van der Waals surface area contributed by atoms with Crippen molar-refractivity contribution < 1.29 is 4.92 Å². The molecule has 0 unspecified atom stereocenters. The van der Waals surface area contributed by atoms with Gasteiger partial charge in [0, 0.05) is 47.1 Å². The number of aryl methyl sites for hydroxylation is 3. The fourth-order valence-electron chi connectivity index (χ4n) is 2.15. The van der Waals surface area contributed by atoms with Crippen LogP contribution in [0.25, 0.3) is 0 Å². The number of hydrogen-bond donors (Lipinski definition) is 2. The van der Waals surface area contributed by atoms with Crippen molar-refractivity contribution in [2.24, 2.45) is 0 Å². The molecule has 3 aromatic carbocycles. The molecular formula is C21H23Cl2N3O2. The number of nitro groups is 1. The van der Waals surface area contributed by atoms with Crippen molar-refractivity contribution in [3.63, 3.8) is 0 Å². The van der Waals surface area contributed by atoms with Crippen LogP contribution in [-0.2, 0) is 0 Å². The molecule has 148 valence electrons. The van der Waals surface area contributed by atoms with Crippen LogP contribution in [0.5, 0.6) is 0 Å². The molecule has 2 N–H and O–H groups in total. The molecule has 5 nitrogen and oxygen atoms in total. The van der Waals surface area contributed by atoms with E-state index in [0.717, 1.165) is 16.9 Å². The Bertz CT molecular complexity index is 843. The zero-order valence-corrected chi connectivity index (χ0v) is 17.5. The van der Waals surface area contributed by atoms with E-state index in [-0.39, 0.29) is 5.69 Å². The Labute approximate surface area is 175 Å². The number of rotatable bonds is 3. The maximum atomic E-state index is 10.2. The maximum Gasteiger partial charge on any atom is 0.269 e. The van der Waals surface area contributed by atoms with Gasteiger partial charge in [-0.2, -0.15) is 0 Å². The van der Waals surface area contributed by atoms with Gasteiger partial charge in [-0.1, -0.05) is 36.4 Å². The van der Waals surface area contributed by atoms with E-state index in [2.05, 4.69) is 9.67 Å². The molecule has 3 aromatic rings. The number of nitrogens with zero attached hydrogens (tertiary/aromatic N) is 1. The van der Waals surface area contributed by atoms with Crippen LogP contribution in [0.1, 0.15) is 16.7 Å². The Morgan fingerprint density at radius 1 is 0.714 bits per heavy atom. The van der Waals surface area contributed by atoms with Crippen molar-refractivity contribution in [1.29, 1.82) is 0 Å². The fraction of sp³-hybridized carbons (Fsp3) is 0.143. The highest BCUT2D eigenvalue weighted by atomic mass is 35.5. The highest BCUT2D eigenvalue weighted by Gasteiger charge is 2.01. The van der Waals surface area contributed by atoms with Crippen LogP contribution in [0.15, 0.2) is 72.8 Å². The summed E-state index contributed by atoms with van der Waals surface area (Å²) in [7, 11) is 0. The van der Waals surface area contributed by atoms with Gasteiger partial charge in [-0.05, 0) is 61.7 Å². The van der Waals surface area contributed by atoms with E-state index < -0.39 is 4.92 Å². The smallest absolute Gasteiger partial charge is 0.269 e. The summed E-state index contributed by atoms with van der Waals surface area (Å²) in [5.41, 5.74) is 5.36. The summed E-state index contributed by atoms with van der Waals surface area (Å²) in [4.78, 5) is 14.8. The average molecular weight is 420 g/mol. The van der Waals surface area contributed by atoms with E-state index in [1.807, 2.05) is 75.4 Å². The Kier molecular flexibility index (Phi) is 10.5. The van der Waals surface area contributed by atoms with E-state index in [9.17, 15) is 10.1 Å². The van der Waals surface area contributed by atoms with Gasteiger partial charge in [0.15, 0.2) is 0 Å². The van der Waals surface area contributed by atoms with Crippen molar-refractivity contribution in [2.45, 2.75) is 20.8 Å². The zero-order valence-electron chi connectivity index (χ0n) is 15.9. The largest absolute Gasteiger partial charge is 0.299 e. The topological polar surface area (TPSA) is 67.2 Å². The molecular weight excluding hydrogens is 397 g/mol. The van der Waals surface area contributed by atoms with Crippen LogP contribution >= 0.6 is 23.6 Å². The van der Waals surface area contributed by atoms with Gasteiger partial charge in [0.05, 0.1) is 4.92 Å². The number of non-ortho nitro benzene ring substituents is 1. The minimum Gasteiger partial charge on any atom is -0.299 e. The second-order valence-corrected chi connectivity index (χ2v) is 6.40. The molecule has 0 saturated carbocycles. The molecule has 0 amide bonds. The summed E-state index contributed by atoms with van der Waals surface area (Å²) in [5.74, 6) is 0. The van der Waals surface area contributed by atoms with Crippen molar-refractivity contribution in [2.75, 3.05) is 9.67 Å². The average Bonchev–Trinajstić information content (AvgIpc) is 2.69. The first-order chi connectivity index (χ1) is 13.3. The lowest BCUT2D eigenvalue weighted by Gasteiger charge is -1.96. The van der Waals surface area contributed by atoms with Crippen LogP contribution in [0.3, 0.4) is 0 Å². The summed E-state index contributed by atoms with van der Waals surface area (Å²) in [6, 6.07) is 22.3. The van der Waals surface area contributed by atoms with Crippen LogP contribution in [0, 0.1) is 30.9 Å². The van der Waals surface area contributed by atoms with Gasteiger partial charge in [0.2, 0.25) is 0 Å². The standard InChI is InChI=1S/2C7H8ClN.C7H7NO2/c2*1-6-3-2-4-7(5-6)9-8;1-6-3-2-4-7(5-6)8(9)10/h2*2-5,9H,1H3;2-5H,1H3. The highest BCUT2D eigenvalue weighted by Crippen LogP contribution is 2.11. The molecule has 0 aliphatic heterocycles. The van der Waals surface area contributed by atoms with Crippen LogP contribution < -0.4 is 9.67 Å². The van der Waals surface area contributed by atoms with Crippen molar-refractivity contribution in [3.05, 3.63) is 99.6 Å². The first kappa shape index (κ1) is 23.3. The summed E-state index contributed by atoms with van der Waals surface area (Å²) in [6.45, 7) is 5.88. The van der Waals surface area contributed by atoms with Gasteiger partial charge >= 0.3 is 0 Å². The molecule has 7 heteroatoms. The molecule has 0 aromatic heterocycles. The molecule has 0 heterocycles.